The molecule has 0 aromatic heterocycles. The number of benzene rings is 2. The average molecular weight is 370 g/mol. The molecule has 0 saturated heterocycles. The third-order valence-electron chi connectivity index (χ3n) is 2.99. The molecule has 0 heterocycles. The number of ether oxygens (including phenoxy) is 1. The van der Waals surface area contributed by atoms with Crippen LogP contribution in [0.3, 0.4) is 0 Å². The first-order valence-electron chi connectivity index (χ1n) is 6.40. The Bertz CT molecular complexity index is 699. The van der Waals surface area contributed by atoms with Crippen LogP contribution in [0.2, 0.25) is 0 Å². The standard InChI is InChI=1S/C15H16BrNO3S/c1-20-13-8-6-12(7-9-13)10-11-17-21(18,19)15-5-3-2-4-14(15)16/h2-9,17H,10-11H2,1H3. The van der Waals surface area contributed by atoms with Gasteiger partial charge < -0.3 is 4.74 Å². The summed E-state index contributed by atoms with van der Waals surface area (Å²) in [5.74, 6) is 0.785. The summed E-state index contributed by atoms with van der Waals surface area (Å²) < 4.78 is 32.6. The summed E-state index contributed by atoms with van der Waals surface area (Å²) in [5.41, 5.74) is 1.05. The molecule has 0 amide bonds. The molecule has 0 aliphatic heterocycles. The lowest BCUT2D eigenvalue weighted by atomic mass is 10.1. The van der Waals surface area contributed by atoms with Gasteiger partial charge in [0.2, 0.25) is 10.0 Å². The number of rotatable bonds is 6. The van der Waals surface area contributed by atoms with Crippen LogP contribution in [-0.2, 0) is 16.4 Å². The van der Waals surface area contributed by atoms with Crippen molar-refractivity contribution in [3.05, 3.63) is 58.6 Å². The average Bonchev–Trinajstić information content (AvgIpc) is 2.48. The summed E-state index contributed by atoms with van der Waals surface area (Å²) in [6.07, 6.45) is 0.619. The first-order chi connectivity index (χ1) is 10.0. The van der Waals surface area contributed by atoms with Crippen LogP contribution in [0.1, 0.15) is 5.56 Å². The monoisotopic (exact) mass is 369 g/mol. The summed E-state index contributed by atoms with van der Waals surface area (Å²) in [4.78, 5) is 0.250. The molecule has 0 aliphatic rings. The minimum absolute atomic E-state index is 0.250. The van der Waals surface area contributed by atoms with E-state index in [9.17, 15) is 8.42 Å². The second kappa shape index (κ2) is 7.06. The Morgan fingerprint density at radius 2 is 1.76 bits per heavy atom. The fraction of sp³-hybridized carbons (Fsp3) is 0.200. The molecule has 112 valence electrons. The molecule has 2 aromatic rings. The third-order valence-corrected chi connectivity index (χ3v) is 5.46. The lowest BCUT2D eigenvalue weighted by Crippen LogP contribution is -2.26. The number of halogens is 1. The highest BCUT2D eigenvalue weighted by molar-refractivity contribution is 9.10. The molecule has 0 unspecified atom stereocenters. The fourth-order valence-electron chi connectivity index (χ4n) is 1.86. The first kappa shape index (κ1) is 16.0. The predicted molar refractivity (Wildman–Crippen MR) is 86.0 cm³/mol. The van der Waals surface area contributed by atoms with E-state index in [0.717, 1.165) is 11.3 Å². The molecule has 0 atom stereocenters. The smallest absolute Gasteiger partial charge is 0.241 e. The van der Waals surface area contributed by atoms with Gasteiger partial charge in [0.25, 0.3) is 0 Å². The quantitative estimate of drug-likeness (QED) is 0.851. The summed E-state index contributed by atoms with van der Waals surface area (Å²) in [7, 11) is -1.88. The van der Waals surface area contributed by atoms with Gasteiger partial charge in [-0.2, -0.15) is 0 Å². The maximum absolute atomic E-state index is 12.2. The zero-order chi connectivity index (χ0) is 15.3. The molecular weight excluding hydrogens is 354 g/mol. The number of methoxy groups -OCH3 is 1. The molecule has 0 spiro atoms. The normalized spacial score (nSPS) is 11.3. The highest BCUT2D eigenvalue weighted by Crippen LogP contribution is 2.20. The summed E-state index contributed by atoms with van der Waals surface area (Å²) in [5, 5.41) is 0. The predicted octanol–water partition coefficient (Wildman–Crippen LogP) is 2.98. The third kappa shape index (κ3) is 4.30. The zero-order valence-corrected chi connectivity index (χ0v) is 13.9. The van der Waals surface area contributed by atoms with Gasteiger partial charge in [0.05, 0.1) is 12.0 Å². The maximum atomic E-state index is 12.2. The Hall–Kier alpha value is -1.37. The van der Waals surface area contributed by atoms with Gasteiger partial charge in [-0.1, -0.05) is 24.3 Å². The van der Waals surface area contributed by atoms with Crippen molar-refractivity contribution in [3.8, 4) is 5.75 Å². The van der Waals surface area contributed by atoms with E-state index in [-0.39, 0.29) is 4.90 Å². The van der Waals surface area contributed by atoms with Crippen molar-refractivity contribution in [2.75, 3.05) is 13.7 Å². The van der Waals surface area contributed by atoms with Crippen molar-refractivity contribution in [1.29, 1.82) is 0 Å². The van der Waals surface area contributed by atoms with Crippen molar-refractivity contribution in [2.45, 2.75) is 11.3 Å². The molecule has 0 fully saturated rings. The van der Waals surface area contributed by atoms with E-state index in [1.165, 1.54) is 0 Å². The van der Waals surface area contributed by atoms with E-state index in [2.05, 4.69) is 20.7 Å². The van der Waals surface area contributed by atoms with Gasteiger partial charge in [-0.25, -0.2) is 13.1 Å². The van der Waals surface area contributed by atoms with Gasteiger partial charge in [0, 0.05) is 11.0 Å². The SMILES string of the molecule is COc1ccc(CCNS(=O)(=O)c2ccccc2Br)cc1. The van der Waals surface area contributed by atoms with Crippen molar-refractivity contribution in [3.63, 3.8) is 0 Å². The second-order valence-corrected chi connectivity index (χ2v) is 7.02. The van der Waals surface area contributed by atoms with Gasteiger partial charge >= 0.3 is 0 Å². The van der Waals surface area contributed by atoms with Crippen LogP contribution in [-0.4, -0.2) is 22.1 Å². The minimum Gasteiger partial charge on any atom is -0.497 e. The first-order valence-corrected chi connectivity index (χ1v) is 8.67. The Kier molecular flexibility index (Phi) is 5.39. The van der Waals surface area contributed by atoms with E-state index in [1.54, 1.807) is 31.4 Å². The minimum atomic E-state index is -3.50. The van der Waals surface area contributed by atoms with Gasteiger partial charge in [0.1, 0.15) is 5.75 Å². The molecule has 6 heteroatoms. The zero-order valence-electron chi connectivity index (χ0n) is 11.5. The molecule has 0 aliphatic carbocycles. The highest BCUT2D eigenvalue weighted by Gasteiger charge is 2.16. The van der Waals surface area contributed by atoms with Crippen molar-refractivity contribution in [2.24, 2.45) is 0 Å². The summed E-state index contributed by atoms with van der Waals surface area (Å²) >= 11 is 3.25. The topological polar surface area (TPSA) is 55.4 Å². The van der Waals surface area contributed by atoms with Gasteiger partial charge in [-0.05, 0) is 52.2 Å². The van der Waals surface area contributed by atoms with Crippen molar-refractivity contribution in [1.82, 2.24) is 4.72 Å². The molecule has 2 rings (SSSR count). The molecule has 0 bridgehead atoms. The van der Waals surface area contributed by atoms with E-state index < -0.39 is 10.0 Å². The van der Waals surface area contributed by atoms with E-state index in [4.69, 9.17) is 4.74 Å². The van der Waals surface area contributed by atoms with Crippen LogP contribution >= 0.6 is 15.9 Å². The van der Waals surface area contributed by atoms with Crippen LogP contribution in [0.4, 0.5) is 0 Å². The molecule has 4 nitrogen and oxygen atoms in total. The lowest BCUT2D eigenvalue weighted by molar-refractivity contribution is 0.414. The Morgan fingerprint density at radius 3 is 2.38 bits per heavy atom. The van der Waals surface area contributed by atoms with E-state index in [0.29, 0.717) is 17.4 Å². The van der Waals surface area contributed by atoms with Crippen LogP contribution < -0.4 is 9.46 Å². The van der Waals surface area contributed by atoms with Crippen LogP contribution in [0, 0.1) is 0 Å². The summed E-state index contributed by atoms with van der Waals surface area (Å²) in [6, 6.07) is 14.3. The largest absolute Gasteiger partial charge is 0.497 e. The molecule has 0 saturated carbocycles. The Morgan fingerprint density at radius 1 is 1.10 bits per heavy atom. The number of hydrogen-bond donors (Lipinski definition) is 1. The van der Waals surface area contributed by atoms with E-state index >= 15 is 0 Å². The molecule has 21 heavy (non-hydrogen) atoms. The van der Waals surface area contributed by atoms with Gasteiger partial charge in [-0.3, -0.25) is 0 Å². The molecular formula is C15H16BrNO3S. The van der Waals surface area contributed by atoms with Crippen molar-refractivity contribution < 1.29 is 13.2 Å². The lowest BCUT2D eigenvalue weighted by Gasteiger charge is -2.08. The van der Waals surface area contributed by atoms with Crippen LogP contribution in [0.25, 0.3) is 0 Å². The molecule has 2 aromatic carbocycles. The molecule has 1 N–H and O–H groups in total. The van der Waals surface area contributed by atoms with Gasteiger partial charge in [0.15, 0.2) is 0 Å². The number of nitrogens with one attached hydrogen (secondary N) is 1. The van der Waals surface area contributed by atoms with E-state index in [1.807, 2.05) is 24.3 Å². The second-order valence-electron chi connectivity index (χ2n) is 4.43. The number of hydrogen-bond acceptors (Lipinski definition) is 3. The van der Waals surface area contributed by atoms with Crippen LogP contribution in [0.15, 0.2) is 57.9 Å². The maximum Gasteiger partial charge on any atom is 0.241 e. The Labute approximate surface area is 133 Å². The molecule has 0 radical (unpaired) electrons. The highest BCUT2D eigenvalue weighted by atomic mass is 79.9. The Balaban J connectivity index is 1.97. The fourth-order valence-corrected chi connectivity index (χ4v) is 3.90. The van der Waals surface area contributed by atoms with Crippen LogP contribution in [0.5, 0.6) is 5.75 Å². The van der Waals surface area contributed by atoms with Gasteiger partial charge in [-0.15, -0.1) is 0 Å². The van der Waals surface area contributed by atoms with Crippen molar-refractivity contribution >= 4 is 26.0 Å². The summed E-state index contributed by atoms with van der Waals surface area (Å²) in [6.45, 7) is 0.343. The number of sulfonamides is 1.